The lowest BCUT2D eigenvalue weighted by Crippen LogP contribution is -2.13. The molecule has 0 amide bonds. The summed E-state index contributed by atoms with van der Waals surface area (Å²) in [5.74, 6) is 0. The molecule has 0 unspecified atom stereocenters. The molecule has 1 heterocycles. The Morgan fingerprint density at radius 1 is 0.485 bits per heavy atom. The first kappa shape index (κ1) is 19.6. The van der Waals surface area contributed by atoms with E-state index < -0.39 is 0 Å². The number of hydrogen-bond donors (Lipinski definition) is 1. The van der Waals surface area contributed by atoms with Crippen molar-refractivity contribution in [2.24, 2.45) is 0 Å². The van der Waals surface area contributed by atoms with Crippen molar-refractivity contribution in [3.8, 4) is 27.9 Å². The van der Waals surface area contributed by atoms with Crippen LogP contribution in [-0.2, 0) is 0 Å². The summed E-state index contributed by atoms with van der Waals surface area (Å²) in [6.45, 7) is 0. The highest BCUT2D eigenvalue weighted by atomic mass is 16.2. The molecule has 1 radical (unpaired) electrons. The van der Waals surface area contributed by atoms with Crippen LogP contribution < -0.4 is 5.46 Å². The highest BCUT2D eigenvalue weighted by Crippen LogP contribution is 2.35. The molecule has 6 aromatic rings. The van der Waals surface area contributed by atoms with Crippen molar-refractivity contribution >= 4 is 34.8 Å². The van der Waals surface area contributed by atoms with E-state index in [1.807, 2.05) is 36.4 Å². The summed E-state index contributed by atoms with van der Waals surface area (Å²) in [6, 6.07) is 42.2. The fourth-order valence-corrected chi connectivity index (χ4v) is 4.70. The maximum Gasteiger partial charge on any atom is 0.326 e. The zero-order chi connectivity index (χ0) is 22.2. The maximum absolute atomic E-state index is 9.79. The first-order valence-corrected chi connectivity index (χ1v) is 11.1. The third kappa shape index (κ3) is 3.43. The molecule has 2 nitrogen and oxygen atoms in total. The summed E-state index contributed by atoms with van der Waals surface area (Å²) in [5.41, 5.74) is 8.73. The van der Waals surface area contributed by atoms with Gasteiger partial charge in [0.2, 0.25) is 0 Å². The van der Waals surface area contributed by atoms with Gasteiger partial charge in [0.1, 0.15) is 0 Å². The fourth-order valence-electron chi connectivity index (χ4n) is 4.70. The molecule has 1 aromatic heterocycles. The average molecular weight is 422 g/mol. The number of benzene rings is 5. The van der Waals surface area contributed by atoms with Crippen molar-refractivity contribution in [2.45, 2.75) is 0 Å². The molecular formula is C30H21BNO. The second kappa shape index (κ2) is 8.12. The lowest BCUT2D eigenvalue weighted by molar-refractivity contribution is 0.615. The van der Waals surface area contributed by atoms with Crippen molar-refractivity contribution < 1.29 is 5.02 Å². The van der Waals surface area contributed by atoms with Gasteiger partial charge in [-0.1, -0.05) is 90.4 Å². The van der Waals surface area contributed by atoms with E-state index in [1.54, 1.807) is 0 Å². The molecule has 0 aliphatic heterocycles. The third-order valence-corrected chi connectivity index (χ3v) is 6.23. The minimum absolute atomic E-state index is 0.790. The van der Waals surface area contributed by atoms with Gasteiger partial charge < -0.3 is 9.59 Å². The topological polar surface area (TPSA) is 25.2 Å². The van der Waals surface area contributed by atoms with Gasteiger partial charge >= 0.3 is 7.48 Å². The van der Waals surface area contributed by atoms with Gasteiger partial charge in [-0.05, 0) is 58.7 Å². The molecule has 1 N–H and O–H groups in total. The van der Waals surface area contributed by atoms with Gasteiger partial charge in [0, 0.05) is 16.5 Å². The van der Waals surface area contributed by atoms with Crippen molar-refractivity contribution in [1.82, 2.24) is 4.57 Å². The minimum Gasteiger partial charge on any atom is -0.450 e. The van der Waals surface area contributed by atoms with Gasteiger partial charge in [0.15, 0.2) is 0 Å². The average Bonchev–Trinajstić information content (AvgIpc) is 3.23. The van der Waals surface area contributed by atoms with Crippen LogP contribution >= 0.6 is 0 Å². The van der Waals surface area contributed by atoms with Crippen molar-refractivity contribution in [1.29, 1.82) is 0 Å². The third-order valence-electron chi connectivity index (χ3n) is 6.23. The summed E-state index contributed by atoms with van der Waals surface area (Å²) in [7, 11) is 1.18. The molecule has 0 fully saturated rings. The highest BCUT2D eigenvalue weighted by molar-refractivity contribution is 6.46. The largest absolute Gasteiger partial charge is 0.450 e. The van der Waals surface area contributed by atoms with E-state index in [9.17, 15) is 5.02 Å². The molecular weight excluding hydrogens is 401 g/mol. The molecule has 0 spiro atoms. The van der Waals surface area contributed by atoms with Gasteiger partial charge in [-0.25, -0.2) is 0 Å². The molecule has 0 bridgehead atoms. The predicted octanol–water partition coefficient (Wildman–Crippen LogP) is 6.35. The molecule has 33 heavy (non-hydrogen) atoms. The Balaban J connectivity index is 1.58. The van der Waals surface area contributed by atoms with E-state index in [4.69, 9.17) is 0 Å². The van der Waals surface area contributed by atoms with Crippen LogP contribution in [0.1, 0.15) is 0 Å². The molecule has 5 aromatic carbocycles. The van der Waals surface area contributed by atoms with Crippen LogP contribution in [0.4, 0.5) is 0 Å². The van der Waals surface area contributed by atoms with E-state index in [0.717, 1.165) is 33.4 Å². The van der Waals surface area contributed by atoms with E-state index in [-0.39, 0.29) is 0 Å². The molecule has 0 aliphatic rings. The SMILES string of the molecule is O[B]c1cc(-c2ccccc2)cc(-c2ccc3c(c2)c2ccccc2n3-c2ccccc2)c1. The van der Waals surface area contributed by atoms with Crippen LogP contribution in [0.25, 0.3) is 49.7 Å². The molecule has 0 atom stereocenters. The van der Waals surface area contributed by atoms with Crippen LogP contribution in [-0.4, -0.2) is 17.1 Å². The zero-order valence-electron chi connectivity index (χ0n) is 18.0. The standard InChI is InChI=1S/C30H21BNO/c33-31-25-18-23(21-9-3-1-4-10-21)17-24(19-25)22-15-16-30-28(20-22)27-13-7-8-14-29(27)32(30)26-11-5-2-6-12-26/h1-20,33H. The minimum atomic E-state index is 0.790. The maximum atomic E-state index is 9.79. The Labute approximate surface area is 193 Å². The van der Waals surface area contributed by atoms with Crippen LogP contribution in [0, 0.1) is 0 Å². The lowest BCUT2D eigenvalue weighted by atomic mass is 9.83. The Morgan fingerprint density at radius 2 is 1.12 bits per heavy atom. The number of rotatable bonds is 4. The summed E-state index contributed by atoms with van der Waals surface area (Å²) >= 11 is 0. The van der Waals surface area contributed by atoms with Gasteiger partial charge in [-0.15, -0.1) is 0 Å². The monoisotopic (exact) mass is 422 g/mol. The number of hydrogen-bond acceptors (Lipinski definition) is 1. The quantitative estimate of drug-likeness (QED) is 0.329. The van der Waals surface area contributed by atoms with Crippen LogP contribution in [0.5, 0.6) is 0 Å². The summed E-state index contributed by atoms with van der Waals surface area (Å²) in [4.78, 5) is 0. The lowest BCUT2D eigenvalue weighted by Gasteiger charge is -2.10. The first-order chi connectivity index (χ1) is 16.3. The predicted molar refractivity (Wildman–Crippen MR) is 139 cm³/mol. The smallest absolute Gasteiger partial charge is 0.326 e. The van der Waals surface area contributed by atoms with Gasteiger partial charge in [-0.3, -0.25) is 0 Å². The molecule has 155 valence electrons. The Kier molecular flexibility index (Phi) is 4.82. The zero-order valence-corrected chi connectivity index (χ0v) is 18.0. The first-order valence-electron chi connectivity index (χ1n) is 11.1. The van der Waals surface area contributed by atoms with E-state index in [0.29, 0.717) is 0 Å². The van der Waals surface area contributed by atoms with Gasteiger partial charge in [0.25, 0.3) is 0 Å². The number of fused-ring (bicyclic) bond motifs is 3. The molecule has 0 saturated heterocycles. The molecule has 3 heteroatoms. The van der Waals surface area contributed by atoms with Crippen LogP contribution in [0.3, 0.4) is 0 Å². The summed E-state index contributed by atoms with van der Waals surface area (Å²) in [6.07, 6.45) is 0. The normalized spacial score (nSPS) is 11.2. The van der Waals surface area contributed by atoms with E-state index >= 15 is 0 Å². The summed E-state index contributed by atoms with van der Waals surface area (Å²) in [5, 5.41) is 12.2. The van der Waals surface area contributed by atoms with Crippen molar-refractivity contribution in [2.75, 3.05) is 0 Å². The Hall–Kier alpha value is -4.08. The van der Waals surface area contributed by atoms with Crippen molar-refractivity contribution in [3.63, 3.8) is 0 Å². The number of nitrogens with zero attached hydrogens (tertiary/aromatic N) is 1. The van der Waals surface area contributed by atoms with E-state index in [2.05, 4.69) is 89.5 Å². The second-order valence-electron chi connectivity index (χ2n) is 8.26. The molecule has 6 rings (SSSR count). The highest BCUT2D eigenvalue weighted by Gasteiger charge is 2.13. The fraction of sp³-hybridized carbons (Fsp3) is 0. The van der Waals surface area contributed by atoms with Gasteiger partial charge in [0.05, 0.1) is 11.0 Å². The summed E-state index contributed by atoms with van der Waals surface area (Å²) < 4.78 is 2.32. The Morgan fingerprint density at radius 3 is 1.88 bits per heavy atom. The number of aromatic nitrogens is 1. The van der Waals surface area contributed by atoms with Crippen molar-refractivity contribution in [3.05, 3.63) is 121 Å². The molecule has 0 saturated carbocycles. The van der Waals surface area contributed by atoms with Crippen LogP contribution in [0.2, 0.25) is 0 Å². The van der Waals surface area contributed by atoms with Crippen LogP contribution in [0.15, 0.2) is 121 Å². The second-order valence-corrected chi connectivity index (χ2v) is 8.26. The molecule has 0 aliphatic carbocycles. The number of para-hydroxylation sites is 2. The Bertz CT molecular complexity index is 1590. The van der Waals surface area contributed by atoms with E-state index in [1.165, 1.54) is 29.3 Å². The van der Waals surface area contributed by atoms with Gasteiger partial charge in [-0.2, -0.15) is 0 Å².